The fourth-order valence-corrected chi connectivity index (χ4v) is 2.33. The van der Waals surface area contributed by atoms with E-state index in [1.54, 1.807) is 0 Å². The molecule has 1 aromatic heterocycles. The molecule has 0 bridgehead atoms. The Morgan fingerprint density at radius 3 is 2.37 bits per heavy atom. The van der Waals surface area contributed by atoms with Gasteiger partial charge in [0, 0.05) is 24.7 Å². The number of benzene rings is 1. The van der Waals surface area contributed by atoms with Gasteiger partial charge >= 0.3 is 0 Å². The van der Waals surface area contributed by atoms with Crippen molar-refractivity contribution in [2.45, 2.75) is 46.8 Å². The van der Waals surface area contributed by atoms with Crippen LogP contribution in [0.1, 0.15) is 39.0 Å². The zero-order valence-electron chi connectivity index (χ0n) is 12.3. The number of rotatable bonds is 2. The van der Waals surface area contributed by atoms with Crippen molar-refractivity contribution < 1.29 is 0 Å². The highest BCUT2D eigenvalue weighted by molar-refractivity contribution is 5.36. The molecule has 0 spiro atoms. The molecule has 0 radical (unpaired) electrons. The second-order valence-corrected chi connectivity index (χ2v) is 4.86. The van der Waals surface area contributed by atoms with Crippen LogP contribution in [0.3, 0.4) is 0 Å². The van der Waals surface area contributed by atoms with Gasteiger partial charge in [0.25, 0.3) is 0 Å². The average Bonchev–Trinajstić information content (AvgIpc) is 3.01. The monoisotopic (exact) mass is 257 g/mol. The number of fused-ring (bicyclic) bond motifs is 1. The lowest BCUT2D eigenvalue weighted by atomic mass is 10.3. The third-order valence-electron chi connectivity index (χ3n) is 3.41. The summed E-state index contributed by atoms with van der Waals surface area (Å²) in [7, 11) is 0. The zero-order chi connectivity index (χ0) is 13.8. The molecule has 0 saturated heterocycles. The lowest BCUT2D eigenvalue weighted by Crippen LogP contribution is -2.25. The van der Waals surface area contributed by atoms with Crippen LogP contribution in [0.2, 0.25) is 0 Å². The Morgan fingerprint density at radius 2 is 1.74 bits per heavy atom. The van der Waals surface area contributed by atoms with Crippen LogP contribution >= 0.6 is 0 Å². The molecule has 0 saturated carbocycles. The van der Waals surface area contributed by atoms with E-state index in [0.717, 1.165) is 18.8 Å². The summed E-state index contributed by atoms with van der Waals surface area (Å²) >= 11 is 0. The first-order chi connectivity index (χ1) is 9.25. The zero-order valence-corrected chi connectivity index (χ0v) is 12.3. The van der Waals surface area contributed by atoms with E-state index >= 15 is 0 Å². The predicted molar refractivity (Wildman–Crippen MR) is 79.3 cm³/mol. The Morgan fingerprint density at radius 1 is 1.05 bits per heavy atom. The van der Waals surface area contributed by atoms with Crippen molar-refractivity contribution in [3.05, 3.63) is 47.8 Å². The molecule has 19 heavy (non-hydrogen) atoms. The van der Waals surface area contributed by atoms with E-state index in [0.29, 0.717) is 6.04 Å². The standard InChI is InChI=1S/C14H17N3.C2H6/c1-11(2)16-9-12-8-15-17(14(12)10-16)13-6-4-3-5-7-13;1-2/h3-8,11H,9-10H2,1-2H3;1-2H3. The van der Waals surface area contributed by atoms with Gasteiger partial charge in [-0.15, -0.1) is 0 Å². The van der Waals surface area contributed by atoms with E-state index < -0.39 is 0 Å². The Bertz CT molecular complexity index is 514. The van der Waals surface area contributed by atoms with E-state index in [9.17, 15) is 0 Å². The first-order valence-electron chi connectivity index (χ1n) is 7.11. The fraction of sp³-hybridized carbons (Fsp3) is 0.438. The van der Waals surface area contributed by atoms with E-state index in [1.807, 2.05) is 26.1 Å². The normalized spacial score (nSPS) is 14.2. The molecule has 3 nitrogen and oxygen atoms in total. The van der Waals surface area contributed by atoms with Crippen LogP contribution in [-0.2, 0) is 13.1 Å². The highest BCUT2D eigenvalue weighted by Gasteiger charge is 2.25. The number of hydrogen-bond donors (Lipinski definition) is 0. The highest BCUT2D eigenvalue weighted by atomic mass is 15.3. The second kappa shape index (κ2) is 6.02. The van der Waals surface area contributed by atoms with Gasteiger partial charge in [-0.25, -0.2) is 4.68 Å². The van der Waals surface area contributed by atoms with Crippen LogP contribution in [0.25, 0.3) is 5.69 Å². The van der Waals surface area contributed by atoms with Gasteiger partial charge in [-0.2, -0.15) is 5.10 Å². The van der Waals surface area contributed by atoms with Crippen LogP contribution < -0.4 is 0 Å². The number of para-hydroxylation sites is 1. The molecule has 0 unspecified atom stereocenters. The van der Waals surface area contributed by atoms with Gasteiger partial charge in [-0.05, 0) is 26.0 Å². The largest absolute Gasteiger partial charge is 0.291 e. The van der Waals surface area contributed by atoms with Gasteiger partial charge in [0.15, 0.2) is 0 Å². The Kier molecular flexibility index (Phi) is 4.38. The SMILES string of the molecule is CC.CC(C)N1Cc2cnn(-c3ccccc3)c2C1. The molecule has 3 heteroatoms. The third kappa shape index (κ3) is 2.71. The summed E-state index contributed by atoms with van der Waals surface area (Å²) in [5, 5.41) is 4.49. The first-order valence-corrected chi connectivity index (χ1v) is 7.11. The van der Waals surface area contributed by atoms with Crippen LogP contribution in [0.15, 0.2) is 36.5 Å². The summed E-state index contributed by atoms with van der Waals surface area (Å²) in [5.74, 6) is 0. The van der Waals surface area contributed by atoms with Gasteiger partial charge in [-0.1, -0.05) is 32.0 Å². The van der Waals surface area contributed by atoms with Crippen molar-refractivity contribution in [1.82, 2.24) is 14.7 Å². The minimum absolute atomic E-state index is 0.589. The molecule has 1 aliphatic rings. The smallest absolute Gasteiger partial charge is 0.0649 e. The molecular weight excluding hydrogens is 234 g/mol. The number of hydrogen-bond acceptors (Lipinski definition) is 2. The molecule has 1 aromatic carbocycles. The second-order valence-electron chi connectivity index (χ2n) is 4.86. The summed E-state index contributed by atoms with van der Waals surface area (Å²) in [6, 6.07) is 10.9. The Labute approximate surface area is 115 Å². The lowest BCUT2D eigenvalue weighted by molar-refractivity contribution is 0.223. The van der Waals surface area contributed by atoms with Gasteiger partial charge in [0.2, 0.25) is 0 Å². The summed E-state index contributed by atoms with van der Waals surface area (Å²) in [6.45, 7) is 10.5. The maximum atomic E-state index is 4.49. The molecule has 0 N–H and O–H groups in total. The van der Waals surface area contributed by atoms with Gasteiger partial charge in [-0.3, -0.25) is 4.90 Å². The van der Waals surface area contributed by atoms with Crippen LogP contribution in [-0.4, -0.2) is 20.7 Å². The average molecular weight is 257 g/mol. The molecular formula is C16H23N3. The Balaban J connectivity index is 0.000000637. The van der Waals surface area contributed by atoms with E-state index in [-0.39, 0.29) is 0 Å². The fourth-order valence-electron chi connectivity index (χ4n) is 2.33. The van der Waals surface area contributed by atoms with E-state index in [2.05, 4.69) is 52.8 Å². The van der Waals surface area contributed by atoms with Crippen LogP contribution in [0.5, 0.6) is 0 Å². The minimum Gasteiger partial charge on any atom is -0.291 e. The van der Waals surface area contributed by atoms with Crippen LogP contribution in [0, 0.1) is 0 Å². The van der Waals surface area contributed by atoms with E-state index in [4.69, 9.17) is 0 Å². The lowest BCUT2D eigenvalue weighted by Gasteiger charge is -2.19. The summed E-state index contributed by atoms with van der Waals surface area (Å²) in [6.07, 6.45) is 2.00. The van der Waals surface area contributed by atoms with E-state index in [1.165, 1.54) is 11.3 Å². The molecule has 0 fully saturated rings. The molecule has 0 aliphatic carbocycles. The quantitative estimate of drug-likeness (QED) is 0.819. The van der Waals surface area contributed by atoms with Crippen molar-refractivity contribution in [3.8, 4) is 5.69 Å². The molecule has 2 heterocycles. The number of aromatic nitrogens is 2. The van der Waals surface area contributed by atoms with Crippen LogP contribution in [0.4, 0.5) is 0 Å². The maximum Gasteiger partial charge on any atom is 0.0649 e. The Hall–Kier alpha value is -1.61. The minimum atomic E-state index is 0.589. The molecule has 1 aliphatic heterocycles. The van der Waals surface area contributed by atoms with Crippen molar-refractivity contribution in [2.24, 2.45) is 0 Å². The molecule has 102 valence electrons. The summed E-state index contributed by atoms with van der Waals surface area (Å²) in [4.78, 5) is 2.46. The van der Waals surface area contributed by atoms with Gasteiger partial charge in [0.1, 0.15) is 0 Å². The maximum absolute atomic E-state index is 4.49. The topological polar surface area (TPSA) is 21.1 Å². The van der Waals surface area contributed by atoms with Crippen molar-refractivity contribution in [3.63, 3.8) is 0 Å². The molecule has 3 rings (SSSR count). The van der Waals surface area contributed by atoms with Gasteiger partial charge < -0.3 is 0 Å². The van der Waals surface area contributed by atoms with Crippen molar-refractivity contribution in [2.75, 3.05) is 0 Å². The number of nitrogens with zero attached hydrogens (tertiary/aromatic N) is 3. The van der Waals surface area contributed by atoms with Crippen molar-refractivity contribution in [1.29, 1.82) is 0 Å². The van der Waals surface area contributed by atoms with Gasteiger partial charge in [0.05, 0.1) is 17.6 Å². The molecule has 2 aromatic rings. The predicted octanol–water partition coefficient (Wildman–Crippen LogP) is 3.62. The molecule has 0 atom stereocenters. The highest BCUT2D eigenvalue weighted by Crippen LogP contribution is 2.26. The summed E-state index contributed by atoms with van der Waals surface area (Å²) in [5.41, 5.74) is 3.85. The summed E-state index contributed by atoms with van der Waals surface area (Å²) < 4.78 is 2.07. The first kappa shape index (κ1) is 13.8. The molecule has 0 amide bonds. The third-order valence-corrected chi connectivity index (χ3v) is 3.41. The van der Waals surface area contributed by atoms with Crippen molar-refractivity contribution >= 4 is 0 Å².